The molecule has 0 saturated heterocycles. The van der Waals surface area contributed by atoms with Gasteiger partial charge in [0.15, 0.2) is 17.5 Å². The number of hydrogen-bond donors (Lipinski definition) is 1. The summed E-state index contributed by atoms with van der Waals surface area (Å²) in [5.74, 6) is 1.57. The Balaban J connectivity index is 1.50. The van der Waals surface area contributed by atoms with Gasteiger partial charge in [-0.3, -0.25) is 0 Å². The lowest BCUT2D eigenvalue weighted by atomic mass is 10.0. The zero-order valence-corrected chi connectivity index (χ0v) is 21.0. The molecule has 3 aromatic heterocycles. The normalized spacial score (nSPS) is 11.1. The smallest absolute Gasteiger partial charge is 0.509 e. The van der Waals surface area contributed by atoms with Crippen LogP contribution >= 0.6 is 0 Å². The van der Waals surface area contributed by atoms with E-state index in [0.717, 1.165) is 22.1 Å². The Morgan fingerprint density at radius 2 is 1.15 bits per heavy atom. The Kier molecular flexibility index (Phi) is 5.95. The molecule has 7 rings (SSSR count). The van der Waals surface area contributed by atoms with Gasteiger partial charge in [0.05, 0.1) is 16.6 Å². The van der Waals surface area contributed by atoms with Gasteiger partial charge < -0.3 is 14.1 Å². The van der Waals surface area contributed by atoms with E-state index in [1.54, 1.807) is 0 Å². The van der Waals surface area contributed by atoms with Gasteiger partial charge in [-0.05, 0) is 6.07 Å². The highest BCUT2D eigenvalue weighted by Crippen LogP contribution is 2.39. The van der Waals surface area contributed by atoms with Crippen molar-refractivity contribution in [2.75, 3.05) is 0 Å². The lowest BCUT2D eigenvalue weighted by molar-refractivity contribution is 0.430. The molecule has 0 unspecified atom stereocenters. The van der Waals surface area contributed by atoms with Crippen LogP contribution < -0.4 is 4.65 Å². The van der Waals surface area contributed by atoms with Crippen LogP contribution in [0.15, 0.2) is 114 Å². The van der Waals surface area contributed by atoms with E-state index in [0.29, 0.717) is 53.1 Å². The fourth-order valence-corrected chi connectivity index (χ4v) is 4.69. The number of aromatic nitrogens is 5. The van der Waals surface area contributed by atoms with Crippen molar-refractivity contribution in [3.8, 4) is 51.4 Å². The largest absolute Gasteiger partial charge is 0.571 e. The molecule has 40 heavy (non-hydrogen) atoms. The second kappa shape index (κ2) is 10.0. The number of furan rings is 1. The molecule has 4 aromatic carbocycles. The van der Waals surface area contributed by atoms with Crippen molar-refractivity contribution in [1.82, 2.24) is 24.9 Å². The molecule has 0 saturated carbocycles. The highest BCUT2D eigenvalue weighted by molar-refractivity contribution is 6.17. The summed E-state index contributed by atoms with van der Waals surface area (Å²) in [6.07, 6.45) is 0. The first-order valence-electron chi connectivity index (χ1n) is 12.6. The zero-order valence-electron chi connectivity index (χ0n) is 21.0. The van der Waals surface area contributed by atoms with Crippen molar-refractivity contribution in [1.29, 1.82) is 0 Å². The standard InChI is InChI=1S/C31H19BN5O3/c38-32-40-31-33-25(19-11-4-1-5-12-19)24-22-17-10-18-23(26(22)39-30(24)37-31)29-35-27(20-13-6-2-7-14-20)34-28(36-29)21-15-8-3-9-16-21/h1-18,38H. The van der Waals surface area contributed by atoms with Crippen LogP contribution in [0.2, 0.25) is 0 Å². The molecule has 0 amide bonds. The summed E-state index contributed by atoms with van der Waals surface area (Å²) in [6, 6.07) is 35.0. The minimum Gasteiger partial charge on any atom is -0.509 e. The predicted molar refractivity (Wildman–Crippen MR) is 153 cm³/mol. The van der Waals surface area contributed by atoms with E-state index in [9.17, 15) is 5.02 Å². The summed E-state index contributed by atoms with van der Waals surface area (Å²) in [5, 5.41) is 10.8. The van der Waals surface area contributed by atoms with Crippen LogP contribution in [0.1, 0.15) is 0 Å². The maximum Gasteiger partial charge on any atom is 0.571 e. The molecule has 1 N–H and O–H groups in total. The van der Waals surface area contributed by atoms with Crippen LogP contribution in [0, 0.1) is 0 Å². The van der Waals surface area contributed by atoms with E-state index in [-0.39, 0.29) is 6.01 Å². The first-order chi connectivity index (χ1) is 19.8. The van der Waals surface area contributed by atoms with Crippen molar-refractivity contribution in [3.05, 3.63) is 109 Å². The van der Waals surface area contributed by atoms with Crippen molar-refractivity contribution < 1.29 is 14.1 Å². The Bertz CT molecular complexity index is 1910. The maximum absolute atomic E-state index is 9.25. The van der Waals surface area contributed by atoms with Crippen LogP contribution in [-0.2, 0) is 0 Å². The van der Waals surface area contributed by atoms with Crippen molar-refractivity contribution in [2.45, 2.75) is 0 Å². The molecule has 0 aliphatic carbocycles. The van der Waals surface area contributed by atoms with E-state index in [2.05, 4.69) is 9.97 Å². The summed E-state index contributed by atoms with van der Waals surface area (Å²) < 4.78 is 11.5. The van der Waals surface area contributed by atoms with Gasteiger partial charge in [0, 0.05) is 22.1 Å². The summed E-state index contributed by atoms with van der Waals surface area (Å²) in [4.78, 5) is 23.5. The van der Waals surface area contributed by atoms with Crippen molar-refractivity contribution in [3.63, 3.8) is 0 Å². The Morgan fingerprint density at radius 1 is 0.575 bits per heavy atom. The van der Waals surface area contributed by atoms with Gasteiger partial charge in [0.1, 0.15) is 5.58 Å². The minimum atomic E-state index is -0.0349. The average Bonchev–Trinajstić information content (AvgIpc) is 3.40. The van der Waals surface area contributed by atoms with E-state index in [1.165, 1.54) is 0 Å². The van der Waals surface area contributed by atoms with Crippen LogP contribution in [0.25, 0.3) is 67.5 Å². The molecule has 0 aliphatic heterocycles. The zero-order chi connectivity index (χ0) is 26.9. The number of benzene rings is 4. The second-order valence-corrected chi connectivity index (χ2v) is 8.95. The van der Waals surface area contributed by atoms with Crippen LogP contribution in [0.5, 0.6) is 6.01 Å². The molecule has 0 fully saturated rings. The van der Waals surface area contributed by atoms with Crippen LogP contribution in [-0.4, -0.2) is 37.6 Å². The predicted octanol–water partition coefficient (Wildman–Crippen LogP) is 6.13. The Labute approximate surface area is 229 Å². The van der Waals surface area contributed by atoms with Crippen LogP contribution in [0.3, 0.4) is 0 Å². The summed E-state index contributed by atoms with van der Waals surface area (Å²) >= 11 is 0. The minimum absolute atomic E-state index is 0.0349. The second-order valence-electron chi connectivity index (χ2n) is 8.95. The fourth-order valence-electron chi connectivity index (χ4n) is 4.69. The third-order valence-electron chi connectivity index (χ3n) is 6.48. The molecule has 0 spiro atoms. The number of rotatable bonds is 6. The van der Waals surface area contributed by atoms with Crippen molar-refractivity contribution in [2.24, 2.45) is 0 Å². The lowest BCUT2D eigenvalue weighted by Gasteiger charge is -2.08. The average molecular weight is 520 g/mol. The van der Waals surface area contributed by atoms with Gasteiger partial charge >= 0.3 is 13.7 Å². The topological polar surface area (TPSA) is 107 Å². The van der Waals surface area contributed by atoms with E-state index in [4.69, 9.17) is 24.0 Å². The Hall–Kier alpha value is -5.41. The van der Waals surface area contributed by atoms with Gasteiger partial charge in [0.25, 0.3) is 0 Å². The third kappa shape index (κ3) is 4.24. The molecule has 1 radical (unpaired) electrons. The molecule has 0 atom stereocenters. The van der Waals surface area contributed by atoms with E-state index in [1.807, 2.05) is 109 Å². The Morgan fingerprint density at radius 3 is 1.75 bits per heavy atom. The van der Waals surface area contributed by atoms with Gasteiger partial charge in [0.2, 0.25) is 5.71 Å². The quantitative estimate of drug-likeness (QED) is 0.261. The molecule has 9 heteroatoms. The monoisotopic (exact) mass is 520 g/mol. The maximum atomic E-state index is 9.25. The number of nitrogens with zero attached hydrogens (tertiary/aromatic N) is 5. The number of fused-ring (bicyclic) bond motifs is 3. The van der Waals surface area contributed by atoms with E-state index < -0.39 is 0 Å². The number of para-hydroxylation sites is 1. The molecule has 0 bridgehead atoms. The fraction of sp³-hybridized carbons (Fsp3) is 0. The highest BCUT2D eigenvalue weighted by Gasteiger charge is 2.22. The highest BCUT2D eigenvalue weighted by atomic mass is 16.5. The molecule has 0 aliphatic rings. The third-order valence-corrected chi connectivity index (χ3v) is 6.48. The molecule has 189 valence electrons. The summed E-state index contributed by atoms with van der Waals surface area (Å²) in [7, 11) is 0.547. The van der Waals surface area contributed by atoms with E-state index >= 15 is 0 Å². The van der Waals surface area contributed by atoms with Crippen molar-refractivity contribution >= 4 is 29.8 Å². The molecular weight excluding hydrogens is 501 g/mol. The summed E-state index contributed by atoms with van der Waals surface area (Å²) in [5.41, 5.74) is 4.76. The van der Waals surface area contributed by atoms with Gasteiger partial charge in [-0.2, -0.15) is 9.97 Å². The molecular formula is C31H19BN5O3. The molecule has 8 nitrogen and oxygen atoms in total. The summed E-state index contributed by atoms with van der Waals surface area (Å²) in [6.45, 7) is 0. The van der Waals surface area contributed by atoms with Gasteiger partial charge in [-0.25, -0.2) is 15.0 Å². The van der Waals surface area contributed by atoms with Gasteiger partial charge in [-0.1, -0.05) is 103 Å². The molecule has 7 aromatic rings. The van der Waals surface area contributed by atoms with Gasteiger partial charge in [-0.15, -0.1) is 0 Å². The first kappa shape index (κ1) is 23.7. The lowest BCUT2D eigenvalue weighted by Crippen LogP contribution is -2.04. The number of hydrogen-bond acceptors (Lipinski definition) is 8. The first-order valence-corrected chi connectivity index (χ1v) is 12.6. The SMILES string of the molecule is O[B]Oc1nc(-c2ccccc2)c2c(n1)oc1c(-c3nc(-c4ccccc4)nc(-c4ccccc4)n3)cccc12. The van der Waals surface area contributed by atoms with Crippen LogP contribution in [0.4, 0.5) is 0 Å². The molecule has 3 heterocycles.